The monoisotopic (exact) mass is 465 g/mol. The lowest BCUT2D eigenvalue weighted by Gasteiger charge is -2.14. The number of thiophene rings is 2. The number of amides is 1. The largest absolute Gasteiger partial charge is 0.573 e. The van der Waals surface area contributed by atoms with Gasteiger partial charge in [-0.05, 0) is 17.5 Å². The highest BCUT2D eigenvalue weighted by atomic mass is 32.1. The molecule has 4 rings (SSSR count). The first-order valence-electron chi connectivity index (χ1n) is 8.92. The first-order valence-corrected chi connectivity index (χ1v) is 10.7. The molecule has 0 spiro atoms. The first kappa shape index (κ1) is 21.1. The zero-order valence-electron chi connectivity index (χ0n) is 15.7. The normalized spacial score (nSPS) is 11.6. The molecule has 3 heterocycles. The molecule has 0 radical (unpaired) electrons. The highest BCUT2D eigenvalue weighted by molar-refractivity contribution is 7.18. The number of nitrogens with one attached hydrogen (secondary N) is 1. The van der Waals surface area contributed by atoms with Crippen LogP contribution < -0.4 is 15.6 Å². The number of hydrogen-bond acceptors (Lipinski definition) is 6. The molecule has 11 heteroatoms. The lowest BCUT2D eigenvalue weighted by Crippen LogP contribution is -2.32. The van der Waals surface area contributed by atoms with Gasteiger partial charge in [-0.2, -0.15) is 0 Å². The second-order valence-corrected chi connectivity index (χ2v) is 8.22. The van der Waals surface area contributed by atoms with Crippen molar-refractivity contribution in [1.29, 1.82) is 0 Å². The summed E-state index contributed by atoms with van der Waals surface area (Å²) in [5, 5.41) is 6.71. The van der Waals surface area contributed by atoms with E-state index < -0.39 is 18.0 Å². The molecule has 0 aliphatic rings. The number of rotatable bonds is 6. The van der Waals surface area contributed by atoms with Crippen LogP contribution in [0.3, 0.4) is 0 Å². The first-order chi connectivity index (χ1) is 14.8. The summed E-state index contributed by atoms with van der Waals surface area (Å²) in [4.78, 5) is 31.1. The number of benzene rings is 1. The van der Waals surface area contributed by atoms with Gasteiger partial charge in [0, 0.05) is 27.9 Å². The molecule has 3 aromatic heterocycles. The fourth-order valence-electron chi connectivity index (χ4n) is 2.97. The van der Waals surface area contributed by atoms with E-state index in [2.05, 4.69) is 15.0 Å². The van der Waals surface area contributed by atoms with Crippen molar-refractivity contribution in [2.24, 2.45) is 0 Å². The Hall–Kier alpha value is -3.18. The lowest BCUT2D eigenvalue weighted by molar-refractivity contribution is -0.274. The number of carbonyl (C=O) groups excluding carboxylic acids is 1. The Bertz CT molecular complexity index is 1280. The van der Waals surface area contributed by atoms with Gasteiger partial charge in [-0.3, -0.25) is 14.2 Å². The molecule has 0 aliphatic heterocycles. The molecule has 0 bridgehead atoms. The Morgan fingerprint density at radius 2 is 1.97 bits per heavy atom. The molecule has 0 fully saturated rings. The third-order valence-corrected chi connectivity index (χ3v) is 6.13. The predicted octanol–water partition coefficient (Wildman–Crippen LogP) is 4.40. The Kier molecular flexibility index (Phi) is 5.79. The minimum atomic E-state index is -4.84. The van der Waals surface area contributed by atoms with Crippen molar-refractivity contribution in [3.63, 3.8) is 0 Å². The van der Waals surface area contributed by atoms with Gasteiger partial charge >= 0.3 is 6.36 Å². The molecular formula is C20H14F3N3O3S2. The molecule has 160 valence electrons. The fourth-order valence-corrected chi connectivity index (χ4v) is 4.69. The molecule has 0 saturated heterocycles. The van der Waals surface area contributed by atoms with Crippen molar-refractivity contribution in [3.8, 4) is 16.2 Å². The molecule has 0 aliphatic carbocycles. The number of aromatic nitrogens is 2. The van der Waals surface area contributed by atoms with E-state index in [0.717, 1.165) is 10.4 Å². The van der Waals surface area contributed by atoms with Gasteiger partial charge in [0.05, 0.1) is 11.7 Å². The molecular weight excluding hydrogens is 451 g/mol. The summed E-state index contributed by atoms with van der Waals surface area (Å²) in [5.41, 5.74) is 0.568. The maximum atomic E-state index is 12.9. The van der Waals surface area contributed by atoms with Crippen molar-refractivity contribution in [3.05, 3.63) is 69.4 Å². The topological polar surface area (TPSA) is 73.2 Å². The number of para-hydroxylation sites is 1. The van der Waals surface area contributed by atoms with Crippen LogP contribution in [0.25, 0.3) is 20.7 Å². The van der Waals surface area contributed by atoms with Gasteiger partial charge in [0.15, 0.2) is 0 Å². The van der Waals surface area contributed by atoms with Gasteiger partial charge in [0.2, 0.25) is 5.91 Å². The summed E-state index contributed by atoms with van der Waals surface area (Å²) < 4.78 is 42.8. The lowest BCUT2D eigenvalue weighted by atomic mass is 10.2. The summed E-state index contributed by atoms with van der Waals surface area (Å²) in [7, 11) is 0. The number of fused-ring (bicyclic) bond motifs is 1. The van der Waals surface area contributed by atoms with Crippen LogP contribution in [0.2, 0.25) is 0 Å². The molecule has 1 amide bonds. The number of nitrogens with zero attached hydrogens (tertiary/aromatic N) is 2. The smallest absolute Gasteiger partial charge is 0.405 e. The number of halogens is 3. The van der Waals surface area contributed by atoms with E-state index in [1.54, 1.807) is 0 Å². The summed E-state index contributed by atoms with van der Waals surface area (Å²) in [6, 6.07) is 9.30. The quantitative estimate of drug-likeness (QED) is 0.458. The highest BCUT2D eigenvalue weighted by Gasteiger charge is 2.32. The average molecular weight is 465 g/mol. The van der Waals surface area contributed by atoms with Crippen LogP contribution in [-0.4, -0.2) is 21.8 Å². The van der Waals surface area contributed by atoms with E-state index in [4.69, 9.17) is 0 Å². The molecule has 1 aromatic carbocycles. The van der Waals surface area contributed by atoms with Gasteiger partial charge < -0.3 is 10.1 Å². The van der Waals surface area contributed by atoms with Crippen molar-refractivity contribution >= 4 is 38.8 Å². The predicted molar refractivity (Wildman–Crippen MR) is 112 cm³/mol. The zero-order chi connectivity index (χ0) is 22.0. The summed E-state index contributed by atoms with van der Waals surface area (Å²) in [5.74, 6) is -0.938. The maximum Gasteiger partial charge on any atom is 0.573 e. The number of carbonyl (C=O) groups is 1. The van der Waals surface area contributed by atoms with Crippen LogP contribution in [-0.2, 0) is 17.9 Å². The number of hydrogen-bond donors (Lipinski definition) is 1. The van der Waals surface area contributed by atoms with Crippen LogP contribution in [0.15, 0.2) is 58.3 Å². The van der Waals surface area contributed by atoms with E-state index in [9.17, 15) is 22.8 Å². The molecule has 0 atom stereocenters. The van der Waals surface area contributed by atoms with Gasteiger partial charge in [0.25, 0.3) is 5.56 Å². The van der Waals surface area contributed by atoms with E-state index in [1.165, 1.54) is 57.8 Å². The number of ether oxygens (including phenoxy) is 1. The Morgan fingerprint density at radius 1 is 1.16 bits per heavy atom. The summed E-state index contributed by atoms with van der Waals surface area (Å²) >= 11 is 2.84. The van der Waals surface area contributed by atoms with Gasteiger partial charge in [-0.15, -0.1) is 35.8 Å². The maximum absolute atomic E-state index is 12.9. The van der Waals surface area contributed by atoms with Gasteiger partial charge in [0.1, 0.15) is 17.1 Å². The Balaban J connectivity index is 1.51. The highest BCUT2D eigenvalue weighted by Crippen LogP contribution is 2.33. The van der Waals surface area contributed by atoms with Crippen LogP contribution in [0.1, 0.15) is 5.56 Å². The summed E-state index contributed by atoms with van der Waals surface area (Å²) in [6.45, 7) is -0.502. The van der Waals surface area contributed by atoms with Gasteiger partial charge in [-0.1, -0.05) is 24.3 Å². The zero-order valence-corrected chi connectivity index (χ0v) is 17.3. The second-order valence-electron chi connectivity index (χ2n) is 6.42. The van der Waals surface area contributed by atoms with Gasteiger partial charge in [-0.25, -0.2) is 4.98 Å². The molecule has 0 saturated carbocycles. The number of alkyl halides is 3. The van der Waals surface area contributed by atoms with E-state index in [1.807, 2.05) is 22.9 Å². The molecule has 6 nitrogen and oxygen atoms in total. The molecule has 31 heavy (non-hydrogen) atoms. The summed E-state index contributed by atoms with van der Waals surface area (Å²) in [6.07, 6.45) is -3.55. The average Bonchev–Trinajstić information content (AvgIpc) is 3.38. The van der Waals surface area contributed by atoms with Crippen molar-refractivity contribution < 1.29 is 22.7 Å². The van der Waals surface area contributed by atoms with E-state index in [0.29, 0.717) is 10.2 Å². The standard InChI is InChI=1S/C20H14F3N3O3S2/c21-20(22,23)29-14-5-2-1-4-12(14)8-24-16(27)9-26-11-25-18-17(19(26)28)13(10-31-18)15-6-3-7-30-15/h1-7,10-11H,8-9H2,(H,24,27). The van der Waals surface area contributed by atoms with E-state index in [-0.39, 0.29) is 24.2 Å². The Morgan fingerprint density at radius 3 is 2.71 bits per heavy atom. The minimum absolute atomic E-state index is 0.159. The molecule has 4 aromatic rings. The van der Waals surface area contributed by atoms with Crippen LogP contribution in [0.5, 0.6) is 5.75 Å². The second kappa shape index (κ2) is 8.52. The third kappa shape index (κ3) is 4.78. The minimum Gasteiger partial charge on any atom is -0.405 e. The van der Waals surface area contributed by atoms with Crippen LogP contribution >= 0.6 is 22.7 Å². The Labute approximate surface area is 181 Å². The third-order valence-electron chi connectivity index (χ3n) is 4.34. The van der Waals surface area contributed by atoms with Crippen molar-refractivity contribution in [2.45, 2.75) is 19.5 Å². The molecule has 0 unspecified atom stereocenters. The SMILES string of the molecule is O=C(Cn1cnc2scc(-c3cccs3)c2c1=O)NCc1ccccc1OC(F)(F)F. The fraction of sp³-hybridized carbons (Fsp3) is 0.150. The van der Waals surface area contributed by atoms with Crippen molar-refractivity contribution in [2.75, 3.05) is 0 Å². The molecule has 1 N–H and O–H groups in total. The van der Waals surface area contributed by atoms with E-state index >= 15 is 0 Å². The van der Waals surface area contributed by atoms with Crippen LogP contribution in [0, 0.1) is 0 Å². The van der Waals surface area contributed by atoms with Crippen LogP contribution in [0.4, 0.5) is 13.2 Å². The van der Waals surface area contributed by atoms with Crippen molar-refractivity contribution in [1.82, 2.24) is 14.9 Å².